The summed E-state index contributed by atoms with van der Waals surface area (Å²) in [6, 6.07) is 0. The van der Waals surface area contributed by atoms with Crippen LogP contribution in [-0.4, -0.2) is 41.0 Å². The van der Waals surface area contributed by atoms with E-state index in [9.17, 15) is 14.2 Å². The van der Waals surface area contributed by atoms with Gasteiger partial charge in [0.2, 0.25) is 0 Å². The number of rotatable bonds is 28. The average molecular weight is 613 g/mol. The summed E-state index contributed by atoms with van der Waals surface area (Å²) in [5.74, 6) is -0.920. The molecule has 8 nitrogen and oxygen atoms in total. The summed E-state index contributed by atoms with van der Waals surface area (Å²) in [6.07, 6.45) is 32.7. The molecule has 0 saturated carbocycles. The van der Waals surface area contributed by atoms with Crippen LogP contribution in [0.15, 0.2) is 48.6 Å². The maximum absolute atomic E-state index is 12.2. The molecule has 0 rings (SSSR count). The number of hydrogen-bond acceptors (Lipinski definition) is 6. The van der Waals surface area contributed by atoms with Gasteiger partial charge in [0.05, 0.1) is 6.61 Å². The molecule has 0 aromatic rings. The van der Waals surface area contributed by atoms with E-state index in [0.29, 0.717) is 12.8 Å². The number of phosphoric ester groups is 1. The topological polar surface area (TPSA) is 119 Å². The minimum absolute atomic E-state index is 0.205. The van der Waals surface area contributed by atoms with Crippen molar-refractivity contribution >= 4 is 19.8 Å². The summed E-state index contributed by atoms with van der Waals surface area (Å²) in [5, 5.41) is 0. The third-order valence-electron chi connectivity index (χ3n) is 6.46. The molecular formula is C33H57O8P. The van der Waals surface area contributed by atoms with Crippen LogP contribution in [0, 0.1) is 0 Å². The van der Waals surface area contributed by atoms with Crippen LogP contribution < -0.4 is 0 Å². The van der Waals surface area contributed by atoms with Crippen molar-refractivity contribution in [2.45, 2.75) is 136 Å². The summed E-state index contributed by atoms with van der Waals surface area (Å²) in [4.78, 5) is 42.4. The van der Waals surface area contributed by atoms with Crippen molar-refractivity contribution in [3.05, 3.63) is 48.6 Å². The Hall–Kier alpha value is -1.99. The van der Waals surface area contributed by atoms with E-state index in [-0.39, 0.29) is 19.4 Å². The summed E-state index contributed by atoms with van der Waals surface area (Å²) in [6.45, 7) is 3.46. The molecule has 2 N–H and O–H groups in total. The molecule has 0 amide bonds. The van der Waals surface area contributed by atoms with E-state index in [4.69, 9.17) is 19.3 Å². The van der Waals surface area contributed by atoms with Crippen LogP contribution in [0.2, 0.25) is 0 Å². The Bertz CT molecular complexity index is 828. The van der Waals surface area contributed by atoms with E-state index in [1.807, 2.05) is 30.4 Å². The Morgan fingerprint density at radius 2 is 1.14 bits per heavy atom. The van der Waals surface area contributed by atoms with E-state index in [0.717, 1.165) is 57.8 Å². The lowest BCUT2D eigenvalue weighted by Crippen LogP contribution is -2.29. The average Bonchev–Trinajstić information content (AvgIpc) is 2.95. The quantitative estimate of drug-likeness (QED) is 0.0389. The zero-order valence-electron chi connectivity index (χ0n) is 26.1. The van der Waals surface area contributed by atoms with Gasteiger partial charge in [-0.05, 0) is 32.1 Å². The van der Waals surface area contributed by atoms with Crippen molar-refractivity contribution in [1.29, 1.82) is 0 Å². The fourth-order valence-corrected chi connectivity index (χ4v) is 4.45. The van der Waals surface area contributed by atoms with Crippen molar-refractivity contribution in [2.24, 2.45) is 0 Å². The van der Waals surface area contributed by atoms with Crippen LogP contribution in [0.4, 0.5) is 0 Å². The number of unbranched alkanes of at least 4 members (excludes halogenated alkanes) is 13. The zero-order chi connectivity index (χ0) is 31.2. The van der Waals surface area contributed by atoms with E-state index in [1.54, 1.807) is 0 Å². The molecule has 0 aliphatic rings. The SMILES string of the molecule is CC/C=C/C=C/C=C/C=C/CCCCCCCC(=O)OC[C@H](COP(=O)(O)O)OC(=O)CCCCCCCCCCC. The first-order chi connectivity index (χ1) is 20.3. The molecule has 9 heteroatoms. The molecule has 0 aliphatic carbocycles. The molecule has 0 saturated heterocycles. The summed E-state index contributed by atoms with van der Waals surface area (Å²) >= 11 is 0. The van der Waals surface area contributed by atoms with E-state index >= 15 is 0 Å². The van der Waals surface area contributed by atoms with Crippen LogP contribution in [0.3, 0.4) is 0 Å². The molecule has 0 radical (unpaired) electrons. The van der Waals surface area contributed by atoms with E-state index in [2.05, 4.69) is 36.6 Å². The maximum atomic E-state index is 12.2. The molecule has 0 unspecified atom stereocenters. The lowest BCUT2D eigenvalue weighted by Gasteiger charge is -2.18. The molecule has 1 atom stereocenters. The zero-order valence-corrected chi connectivity index (χ0v) is 27.0. The van der Waals surface area contributed by atoms with Crippen molar-refractivity contribution in [3.8, 4) is 0 Å². The van der Waals surface area contributed by atoms with E-state index < -0.39 is 32.5 Å². The molecule has 0 aliphatic heterocycles. The second-order valence-corrected chi connectivity index (χ2v) is 11.7. The highest BCUT2D eigenvalue weighted by molar-refractivity contribution is 7.46. The Labute approximate surface area is 254 Å². The number of ether oxygens (including phenoxy) is 2. The number of esters is 2. The number of hydrogen-bond donors (Lipinski definition) is 2. The highest BCUT2D eigenvalue weighted by Crippen LogP contribution is 2.35. The van der Waals surface area contributed by atoms with Gasteiger partial charge in [-0.1, -0.05) is 133 Å². The minimum atomic E-state index is -4.75. The molecule has 0 spiro atoms. The first-order valence-corrected chi connectivity index (χ1v) is 17.5. The fraction of sp³-hybridized carbons (Fsp3) is 0.697. The second kappa shape index (κ2) is 29.1. The smallest absolute Gasteiger partial charge is 0.462 e. The molecule has 42 heavy (non-hydrogen) atoms. The molecule has 0 aromatic heterocycles. The summed E-state index contributed by atoms with van der Waals surface area (Å²) < 4.78 is 26.1. The predicted octanol–water partition coefficient (Wildman–Crippen LogP) is 8.84. The van der Waals surface area contributed by atoms with Gasteiger partial charge in [-0.2, -0.15) is 0 Å². The monoisotopic (exact) mass is 612 g/mol. The predicted molar refractivity (Wildman–Crippen MR) is 170 cm³/mol. The Kier molecular flexibility index (Phi) is 27.7. The lowest BCUT2D eigenvalue weighted by molar-refractivity contribution is -0.161. The van der Waals surface area contributed by atoms with Crippen LogP contribution in [0.1, 0.15) is 129 Å². The first-order valence-electron chi connectivity index (χ1n) is 16.0. The molecule has 242 valence electrons. The van der Waals surface area contributed by atoms with Crippen LogP contribution in [0.25, 0.3) is 0 Å². The molecule has 0 bridgehead atoms. The summed E-state index contributed by atoms with van der Waals surface area (Å²) in [5.41, 5.74) is 0. The van der Waals surface area contributed by atoms with Gasteiger partial charge in [-0.25, -0.2) is 4.57 Å². The van der Waals surface area contributed by atoms with Gasteiger partial charge in [0.1, 0.15) is 6.61 Å². The lowest BCUT2D eigenvalue weighted by atomic mass is 10.1. The Balaban J connectivity index is 4.08. The minimum Gasteiger partial charge on any atom is -0.462 e. The molecule has 0 aromatic carbocycles. The number of phosphoric acid groups is 1. The fourth-order valence-electron chi connectivity index (χ4n) is 4.09. The van der Waals surface area contributed by atoms with Crippen LogP contribution >= 0.6 is 7.82 Å². The van der Waals surface area contributed by atoms with Crippen molar-refractivity contribution in [2.75, 3.05) is 13.2 Å². The van der Waals surface area contributed by atoms with Crippen molar-refractivity contribution in [3.63, 3.8) is 0 Å². The van der Waals surface area contributed by atoms with Crippen molar-refractivity contribution < 1.29 is 37.9 Å². The molecule has 0 heterocycles. The van der Waals surface area contributed by atoms with Crippen molar-refractivity contribution in [1.82, 2.24) is 0 Å². The van der Waals surface area contributed by atoms with Gasteiger partial charge in [-0.3, -0.25) is 14.1 Å². The maximum Gasteiger partial charge on any atom is 0.469 e. The van der Waals surface area contributed by atoms with Crippen LogP contribution in [0.5, 0.6) is 0 Å². The van der Waals surface area contributed by atoms with Crippen LogP contribution in [-0.2, 0) is 28.2 Å². The highest BCUT2D eigenvalue weighted by Gasteiger charge is 2.22. The normalized spacial score (nSPS) is 13.1. The summed E-state index contributed by atoms with van der Waals surface area (Å²) in [7, 11) is -4.75. The van der Waals surface area contributed by atoms with Gasteiger partial charge in [0.25, 0.3) is 0 Å². The second-order valence-electron chi connectivity index (χ2n) is 10.5. The highest BCUT2D eigenvalue weighted by atomic mass is 31.2. The van der Waals surface area contributed by atoms with Gasteiger partial charge >= 0.3 is 19.8 Å². The number of allylic oxidation sites excluding steroid dienone is 8. The largest absolute Gasteiger partial charge is 0.469 e. The van der Waals surface area contributed by atoms with Gasteiger partial charge in [-0.15, -0.1) is 0 Å². The third-order valence-corrected chi connectivity index (χ3v) is 6.94. The number of carbonyl (C=O) groups excluding carboxylic acids is 2. The Morgan fingerprint density at radius 1 is 0.643 bits per heavy atom. The standard InChI is InChI=1S/C33H57O8P/c1-3-5-7-9-11-13-14-15-16-17-18-20-21-23-25-27-32(34)39-29-31(30-40-42(36,37)38)41-33(35)28-26-24-22-19-12-10-8-6-4-2/h5,7,9,11,13-16,31H,3-4,6,8,10,12,17-30H2,1-2H3,(H2,36,37,38)/b7-5+,11-9+,14-13+,16-15+/t31-/m1/s1. The molecular weight excluding hydrogens is 555 g/mol. The van der Waals surface area contributed by atoms with Gasteiger partial charge in [0, 0.05) is 12.8 Å². The van der Waals surface area contributed by atoms with E-state index in [1.165, 1.54) is 32.1 Å². The van der Waals surface area contributed by atoms with Gasteiger partial charge in [0.15, 0.2) is 6.10 Å². The van der Waals surface area contributed by atoms with Gasteiger partial charge < -0.3 is 19.3 Å². The number of carbonyl (C=O) groups is 2. The molecule has 0 fully saturated rings. The first kappa shape index (κ1) is 40.0. The third kappa shape index (κ3) is 31.0. The Morgan fingerprint density at radius 3 is 1.71 bits per heavy atom.